The van der Waals surface area contributed by atoms with Gasteiger partial charge in [-0.1, -0.05) is 20.8 Å². The van der Waals surface area contributed by atoms with Crippen LogP contribution in [0.3, 0.4) is 0 Å². The SMILES string of the molecule is CC(C)(C)C1BC(=O)NC1=O. The van der Waals surface area contributed by atoms with Gasteiger partial charge in [0.2, 0.25) is 13.2 Å². The standard InChI is InChI=1S/C7H12BNO2/c1-7(2,3)4-5(10)9-6(11)8-4/h4,8H,1-3H3,(H,9,10,11). The maximum absolute atomic E-state index is 11.1. The van der Waals surface area contributed by atoms with Gasteiger partial charge in [-0.25, -0.2) is 0 Å². The van der Waals surface area contributed by atoms with Crippen molar-refractivity contribution in [1.82, 2.24) is 5.32 Å². The highest BCUT2D eigenvalue weighted by atomic mass is 16.2. The fourth-order valence-corrected chi connectivity index (χ4v) is 1.25. The van der Waals surface area contributed by atoms with Gasteiger partial charge in [0.25, 0.3) is 0 Å². The lowest BCUT2D eigenvalue weighted by Crippen LogP contribution is -2.25. The Labute approximate surface area is 66.8 Å². The monoisotopic (exact) mass is 153 g/mol. The Bertz CT molecular complexity index is 207. The van der Waals surface area contributed by atoms with Gasteiger partial charge in [-0.15, -0.1) is 0 Å². The smallest absolute Gasteiger partial charge is 0.247 e. The quantitative estimate of drug-likeness (QED) is 0.515. The Hall–Kier alpha value is -0.795. The zero-order valence-electron chi connectivity index (χ0n) is 7.10. The Morgan fingerprint density at radius 3 is 2.09 bits per heavy atom. The number of hydrogen-bond acceptors (Lipinski definition) is 2. The Morgan fingerprint density at radius 2 is 1.91 bits per heavy atom. The maximum atomic E-state index is 11.1. The van der Waals surface area contributed by atoms with E-state index in [9.17, 15) is 9.59 Å². The molecule has 4 heteroatoms. The van der Waals surface area contributed by atoms with Crippen LogP contribution in [0.1, 0.15) is 20.8 Å². The van der Waals surface area contributed by atoms with Crippen molar-refractivity contribution in [2.24, 2.45) is 5.41 Å². The minimum atomic E-state index is -0.144. The zero-order valence-corrected chi connectivity index (χ0v) is 7.10. The van der Waals surface area contributed by atoms with E-state index in [0.717, 1.165) is 0 Å². The molecule has 3 nitrogen and oxygen atoms in total. The Morgan fingerprint density at radius 1 is 1.36 bits per heavy atom. The molecule has 1 aliphatic rings. The number of imide groups is 1. The first-order valence-electron chi connectivity index (χ1n) is 3.75. The summed E-state index contributed by atoms with van der Waals surface area (Å²) in [5.74, 6) is -0.410. The fourth-order valence-electron chi connectivity index (χ4n) is 1.25. The summed E-state index contributed by atoms with van der Waals surface area (Å²) in [6.07, 6.45) is 0. The van der Waals surface area contributed by atoms with E-state index in [4.69, 9.17) is 0 Å². The van der Waals surface area contributed by atoms with E-state index in [-0.39, 0.29) is 22.9 Å². The summed E-state index contributed by atoms with van der Waals surface area (Å²) in [4.78, 5) is 21.9. The molecule has 0 aromatic heterocycles. The van der Waals surface area contributed by atoms with Crippen LogP contribution in [0.25, 0.3) is 0 Å². The summed E-state index contributed by atoms with van der Waals surface area (Å²) in [6.45, 7) is 5.90. The zero-order chi connectivity index (χ0) is 8.65. The molecule has 1 saturated heterocycles. The largest absolute Gasteiger partial charge is 0.306 e. The van der Waals surface area contributed by atoms with Crippen LogP contribution in [0.15, 0.2) is 0 Å². The van der Waals surface area contributed by atoms with E-state index in [1.807, 2.05) is 20.8 Å². The van der Waals surface area contributed by atoms with Crippen molar-refractivity contribution in [3.8, 4) is 0 Å². The van der Waals surface area contributed by atoms with Crippen LogP contribution in [-0.2, 0) is 4.79 Å². The van der Waals surface area contributed by atoms with Gasteiger partial charge in [-0.2, -0.15) is 0 Å². The lowest BCUT2D eigenvalue weighted by Gasteiger charge is -2.22. The van der Waals surface area contributed by atoms with E-state index in [2.05, 4.69) is 5.32 Å². The first kappa shape index (κ1) is 8.30. The van der Waals surface area contributed by atoms with Crippen LogP contribution in [0.5, 0.6) is 0 Å². The second-order valence-corrected chi connectivity index (χ2v) is 4.04. The molecule has 0 aromatic rings. The number of carbonyl (C=O) groups excluding carboxylic acids is 2. The molecule has 1 N–H and O–H groups in total. The van der Waals surface area contributed by atoms with Gasteiger partial charge in [-0.3, -0.25) is 9.59 Å². The normalized spacial score (nSPS) is 24.8. The van der Waals surface area contributed by atoms with Crippen molar-refractivity contribution >= 4 is 19.0 Å². The summed E-state index contributed by atoms with van der Waals surface area (Å²) < 4.78 is 0. The predicted molar refractivity (Wildman–Crippen MR) is 43.9 cm³/mol. The molecule has 0 bridgehead atoms. The third-order valence-electron chi connectivity index (χ3n) is 2.01. The van der Waals surface area contributed by atoms with Crippen molar-refractivity contribution in [2.75, 3.05) is 0 Å². The van der Waals surface area contributed by atoms with Crippen LogP contribution in [-0.4, -0.2) is 19.0 Å². The van der Waals surface area contributed by atoms with Crippen molar-refractivity contribution in [2.45, 2.75) is 26.6 Å². The summed E-state index contributed by atoms with van der Waals surface area (Å²) in [6, 6.07) is 0. The molecular formula is C7H12BNO2. The number of rotatable bonds is 0. The van der Waals surface area contributed by atoms with Crippen LogP contribution in [0.2, 0.25) is 5.82 Å². The summed E-state index contributed by atoms with van der Waals surface area (Å²) in [5, 5.41) is 2.30. The van der Waals surface area contributed by atoms with Gasteiger partial charge < -0.3 is 5.32 Å². The molecule has 1 heterocycles. The molecule has 1 fully saturated rings. The maximum Gasteiger partial charge on any atom is 0.247 e. The van der Waals surface area contributed by atoms with Crippen LogP contribution < -0.4 is 5.32 Å². The molecule has 0 saturated carbocycles. The predicted octanol–water partition coefficient (Wildman–Crippen LogP) is 0.507. The number of nitrogens with one attached hydrogen (secondary N) is 1. The van der Waals surface area contributed by atoms with E-state index < -0.39 is 0 Å². The third kappa shape index (κ3) is 1.61. The highest BCUT2D eigenvalue weighted by Crippen LogP contribution is 2.32. The first-order chi connectivity index (χ1) is 4.91. The second-order valence-electron chi connectivity index (χ2n) is 4.04. The molecule has 1 atom stereocenters. The molecule has 2 amide bonds. The van der Waals surface area contributed by atoms with Crippen LogP contribution >= 0.6 is 0 Å². The topological polar surface area (TPSA) is 46.2 Å². The molecule has 60 valence electrons. The van der Waals surface area contributed by atoms with Gasteiger partial charge >= 0.3 is 0 Å². The molecule has 0 aliphatic carbocycles. The fraction of sp³-hybridized carbons (Fsp3) is 0.714. The molecule has 0 aromatic carbocycles. The van der Waals surface area contributed by atoms with E-state index in [0.29, 0.717) is 7.28 Å². The van der Waals surface area contributed by atoms with E-state index in [1.165, 1.54) is 0 Å². The highest BCUT2D eigenvalue weighted by Gasteiger charge is 2.40. The lowest BCUT2D eigenvalue weighted by molar-refractivity contribution is -0.120. The molecule has 0 spiro atoms. The average molecular weight is 153 g/mol. The Balaban J connectivity index is 2.76. The van der Waals surface area contributed by atoms with Gasteiger partial charge in [0.1, 0.15) is 0 Å². The molecule has 1 rings (SSSR count). The highest BCUT2D eigenvalue weighted by molar-refractivity contribution is 6.81. The first-order valence-corrected chi connectivity index (χ1v) is 3.75. The van der Waals surface area contributed by atoms with Gasteiger partial charge in [-0.05, 0) is 5.41 Å². The molecule has 1 aliphatic heterocycles. The van der Waals surface area contributed by atoms with Crippen LogP contribution in [0.4, 0.5) is 4.79 Å². The molecular weight excluding hydrogens is 141 g/mol. The van der Waals surface area contributed by atoms with Crippen molar-refractivity contribution in [3.05, 3.63) is 0 Å². The van der Waals surface area contributed by atoms with E-state index >= 15 is 0 Å². The van der Waals surface area contributed by atoms with Crippen molar-refractivity contribution < 1.29 is 9.59 Å². The number of amides is 2. The average Bonchev–Trinajstić information content (AvgIpc) is 2.08. The Kier molecular flexibility index (Phi) is 1.78. The summed E-state index contributed by atoms with van der Waals surface area (Å²) >= 11 is 0. The summed E-state index contributed by atoms with van der Waals surface area (Å²) in [7, 11) is 0.350. The minimum absolute atomic E-state index is 0.101. The van der Waals surface area contributed by atoms with Crippen LogP contribution in [0, 0.1) is 5.41 Å². The molecule has 1 unspecified atom stereocenters. The molecule has 11 heavy (non-hydrogen) atoms. The minimum Gasteiger partial charge on any atom is -0.306 e. The van der Waals surface area contributed by atoms with E-state index in [1.54, 1.807) is 0 Å². The summed E-state index contributed by atoms with van der Waals surface area (Å²) in [5.41, 5.74) is -0.101. The van der Waals surface area contributed by atoms with Gasteiger partial charge in [0, 0.05) is 5.82 Å². The van der Waals surface area contributed by atoms with Crippen molar-refractivity contribution in [1.29, 1.82) is 0 Å². The van der Waals surface area contributed by atoms with Crippen molar-refractivity contribution in [3.63, 3.8) is 0 Å². The number of carbonyl (C=O) groups is 2. The third-order valence-corrected chi connectivity index (χ3v) is 2.01. The lowest BCUT2D eigenvalue weighted by atomic mass is 9.56. The van der Waals surface area contributed by atoms with Gasteiger partial charge in [0.05, 0.1) is 0 Å². The molecule has 0 radical (unpaired) electrons. The second kappa shape index (κ2) is 2.36. The number of hydrogen-bond donors (Lipinski definition) is 1. The van der Waals surface area contributed by atoms with Gasteiger partial charge in [0.15, 0.2) is 5.81 Å².